The number of amides is 1. The van der Waals surface area contributed by atoms with Crippen LogP contribution in [0.1, 0.15) is 56.7 Å². The summed E-state index contributed by atoms with van der Waals surface area (Å²) >= 11 is 5.96. The summed E-state index contributed by atoms with van der Waals surface area (Å²) in [7, 11) is 1.35. The minimum atomic E-state index is -1.10. The second kappa shape index (κ2) is 15.2. The number of carbonyl (C=O) groups excluding carboxylic acids is 2. The fourth-order valence-electron chi connectivity index (χ4n) is 3.53. The third kappa shape index (κ3) is 11.8. The number of carbonyl (C=O) groups is 3. The molecule has 1 amide bonds. The van der Waals surface area contributed by atoms with Crippen LogP contribution in [0.15, 0.2) is 42.5 Å². The molecular formula is C28H37ClN2O7. The van der Waals surface area contributed by atoms with Crippen molar-refractivity contribution in [2.75, 3.05) is 13.7 Å². The second-order valence-corrected chi connectivity index (χ2v) is 10.3. The van der Waals surface area contributed by atoms with Crippen molar-refractivity contribution in [3.63, 3.8) is 0 Å². The first-order valence-corrected chi connectivity index (χ1v) is 12.8. The molecule has 208 valence electrons. The van der Waals surface area contributed by atoms with E-state index in [9.17, 15) is 19.5 Å². The molecule has 3 N–H and O–H groups in total. The Labute approximate surface area is 228 Å². The lowest BCUT2D eigenvalue weighted by Gasteiger charge is -2.22. The molecule has 0 aliphatic rings. The van der Waals surface area contributed by atoms with E-state index >= 15 is 0 Å². The van der Waals surface area contributed by atoms with Gasteiger partial charge in [0.15, 0.2) is 0 Å². The number of esters is 1. The van der Waals surface area contributed by atoms with Crippen molar-refractivity contribution in [2.45, 2.75) is 71.2 Å². The van der Waals surface area contributed by atoms with Gasteiger partial charge in [-0.25, -0.2) is 9.59 Å². The molecule has 0 saturated carbocycles. The maximum atomic E-state index is 11.9. The molecule has 0 radical (unpaired) electrons. The molecule has 0 aromatic heterocycles. The zero-order chi connectivity index (χ0) is 28.1. The number of rotatable bonds is 14. The van der Waals surface area contributed by atoms with E-state index in [-0.39, 0.29) is 18.8 Å². The quantitative estimate of drug-likeness (QED) is 0.226. The van der Waals surface area contributed by atoms with E-state index in [1.165, 1.54) is 7.11 Å². The van der Waals surface area contributed by atoms with Crippen LogP contribution >= 0.6 is 11.6 Å². The van der Waals surface area contributed by atoms with Gasteiger partial charge >= 0.3 is 18.0 Å². The molecule has 0 spiro atoms. The van der Waals surface area contributed by atoms with E-state index in [0.717, 1.165) is 16.7 Å². The Morgan fingerprint density at radius 3 is 2.34 bits per heavy atom. The van der Waals surface area contributed by atoms with Gasteiger partial charge in [0.2, 0.25) is 0 Å². The average Bonchev–Trinajstić information content (AvgIpc) is 2.84. The van der Waals surface area contributed by atoms with Gasteiger partial charge in [-0.15, -0.1) is 0 Å². The number of aliphatic carboxylic acids is 1. The average molecular weight is 549 g/mol. The van der Waals surface area contributed by atoms with Gasteiger partial charge in [0, 0.05) is 17.1 Å². The number of carboxylic acid groups (broad SMARTS) is 1. The molecule has 2 aromatic carbocycles. The van der Waals surface area contributed by atoms with Gasteiger partial charge in [0.25, 0.3) is 0 Å². The van der Waals surface area contributed by atoms with E-state index in [2.05, 4.69) is 10.6 Å². The Morgan fingerprint density at radius 2 is 1.71 bits per heavy atom. The second-order valence-electron chi connectivity index (χ2n) is 9.82. The monoisotopic (exact) mass is 548 g/mol. The zero-order valence-electron chi connectivity index (χ0n) is 22.3. The molecule has 9 nitrogen and oxygen atoms in total. The van der Waals surface area contributed by atoms with Crippen molar-refractivity contribution in [1.82, 2.24) is 10.6 Å². The van der Waals surface area contributed by atoms with Gasteiger partial charge in [0.1, 0.15) is 24.0 Å². The molecular weight excluding hydrogens is 512 g/mol. The highest BCUT2D eigenvalue weighted by atomic mass is 35.5. The number of nitrogens with one attached hydrogen (secondary N) is 2. The van der Waals surface area contributed by atoms with Crippen LogP contribution in [0, 0.1) is 0 Å². The lowest BCUT2D eigenvalue weighted by Crippen LogP contribution is -2.43. The summed E-state index contributed by atoms with van der Waals surface area (Å²) in [4.78, 5) is 35.2. The first-order valence-electron chi connectivity index (χ1n) is 12.5. The predicted molar refractivity (Wildman–Crippen MR) is 144 cm³/mol. The van der Waals surface area contributed by atoms with E-state index in [4.69, 9.17) is 25.8 Å². The predicted octanol–water partition coefficient (Wildman–Crippen LogP) is 4.87. The van der Waals surface area contributed by atoms with E-state index in [1.807, 2.05) is 30.3 Å². The van der Waals surface area contributed by atoms with Gasteiger partial charge in [0.05, 0.1) is 13.5 Å². The summed E-state index contributed by atoms with van der Waals surface area (Å²) in [6.45, 7) is 6.62. The van der Waals surface area contributed by atoms with Crippen molar-refractivity contribution in [2.24, 2.45) is 0 Å². The Balaban J connectivity index is 1.90. The standard InChI is InChI=1S/C28H37ClN2O7/c1-28(2,3)38-27(35)31-23(26(33)34)7-5-6-14-30-17-21-15-20(16-25(32)36-4)10-13-24(21)37-18-19-8-11-22(29)12-9-19/h8-13,15,23,30H,5-7,14,16-18H2,1-4H3,(H,31,35)(H,33,34)/t23-/m0/s1. The van der Waals surface area contributed by atoms with Gasteiger partial charge in [-0.3, -0.25) is 4.79 Å². The lowest BCUT2D eigenvalue weighted by molar-refractivity contribution is -0.140. The number of hydrogen-bond donors (Lipinski definition) is 3. The Bertz CT molecular complexity index is 1070. The van der Waals surface area contributed by atoms with Crippen LogP contribution in [0.2, 0.25) is 5.02 Å². The van der Waals surface area contributed by atoms with E-state index < -0.39 is 23.7 Å². The Kier molecular flexibility index (Phi) is 12.4. The Hall–Kier alpha value is -3.30. The maximum Gasteiger partial charge on any atom is 0.408 e. The van der Waals surface area contributed by atoms with Gasteiger partial charge in [-0.1, -0.05) is 35.9 Å². The first-order chi connectivity index (χ1) is 18.0. The van der Waals surface area contributed by atoms with Gasteiger partial charge in [-0.2, -0.15) is 0 Å². The van der Waals surface area contributed by atoms with Gasteiger partial charge in [-0.05, 0) is 75.9 Å². The van der Waals surface area contributed by atoms with E-state index in [0.29, 0.717) is 43.3 Å². The summed E-state index contributed by atoms with van der Waals surface area (Å²) in [5.74, 6) is -0.742. The largest absolute Gasteiger partial charge is 0.489 e. The van der Waals surface area contributed by atoms with E-state index in [1.54, 1.807) is 32.9 Å². The van der Waals surface area contributed by atoms with Crippen molar-refractivity contribution in [3.05, 3.63) is 64.2 Å². The minimum Gasteiger partial charge on any atom is -0.489 e. The summed E-state index contributed by atoms with van der Waals surface area (Å²) in [6, 6.07) is 12.0. The first kappa shape index (κ1) is 30.9. The van der Waals surface area contributed by atoms with Crippen molar-refractivity contribution in [1.29, 1.82) is 0 Å². The molecule has 0 fully saturated rings. The minimum absolute atomic E-state index is 0.155. The number of unbranched alkanes of at least 4 members (excludes halogenated alkanes) is 1. The number of benzene rings is 2. The molecule has 0 aliphatic carbocycles. The van der Waals surface area contributed by atoms with Crippen LogP contribution < -0.4 is 15.4 Å². The van der Waals surface area contributed by atoms with Crippen LogP contribution in [-0.4, -0.2) is 48.4 Å². The summed E-state index contributed by atoms with van der Waals surface area (Å²) in [5.41, 5.74) is 1.96. The summed E-state index contributed by atoms with van der Waals surface area (Å²) < 4.78 is 16.0. The highest BCUT2D eigenvalue weighted by molar-refractivity contribution is 6.30. The third-order valence-corrected chi connectivity index (χ3v) is 5.66. The molecule has 0 heterocycles. The van der Waals surface area contributed by atoms with Crippen molar-refractivity contribution >= 4 is 29.6 Å². The SMILES string of the molecule is COC(=O)Cc1ccc(OCc2ccc(Cl)cc2)c(CNCCCC[C@H](NC(=O)OC(C)(C)C)C(=O)O)c1. The molecule has 10 heteroatoms. The molecule has 0 unspecified atom stereocenters. The number of halogens is 1. The number of hydrogen-bond acceptors (Lipinski definition) is 7. The topological polar surface area (TPSA) is 123 Å². The molecule has 1 atom stereocenters. The zero-order valence-corrected chi connectivity index (χ0v) is 23.1. The Morgan fingerprint density at radius 1 is 1.03 bits per heavy atom. The van der Waals surface area contributed by atoms with Gasteiger partial charge < -0.3 is 30.0 Å². The van der Waals surface area contributed by atoms with Crippen LogP contribution in [0.4, 0.5) is 4.79 Å². The third-order valence-electron chi connectivity index (χ3n) is 5.41. The van der Waals surface area contributed by atoms with Crippen LogP contribution in [0.5, 0.6) is 5.75 Å². The molecule has 0 aliphatic heterocycles. The normalized spacial score (nSPS) is 11.9. The maximum absolute atomic E-state index is 11.9. The molecule has 38 heavy (non-hydrogen) atoms. The number of alkyl carbamates (subject to hydrolysis) is 1. The molecule has 2 rings (SSSR count). The number of carboxylic acids is 1. The van der Waals surface area contributed by atoms with Crippen molar-refractivity contribution < 1.29 is 33.7 Å². The number of ether oxygens (including phenoxy) is 3. The molecule has 2 aromatic rings. The molecule has 0 bridgehead atoms. The highest BCUT2D eigenvalue weighted by Crippen LogP contribution is 2.23. The number of methoxy groups -OCH3 is 1. The highest BCUT2D eigenvalue weighted by Gasteiger charge is 2.23. The summed E-state index contributed by atoms with van der Waals surface area (Å²) in [5, 5.41) is 15.8. The van der Waals surface area contributed by atoms with Crippen LogP contribution in [0.25, 0.3) is 0 Å². The fourth-order valence-corrected chi connectivity index (χ4v) is 3.66. The lowest BCUT2D eigenvalue weighted by atomic mass is 10.1. The van der Waals surface area contributed by atoms with Crippen molar-refractivity contribution in [3.8, 4) is 5.75 Å². The van der Waals surface area contributed by atoms with Crippen LogP contribution in [-0.2, 0) is 38.6 Å². The molecule has 0 saturated heterocycles. The fraction of sp³-hybridized carbons (Fsp3) is 0.464. The smallest absolute Gasteiger partial charge is 0.408 e. The van der Waals surface area contributed by atoms with Crippen LogP contribution in [0.3, 0.4) is 0 Å². The summed E-state index contributed by atoms with van der Waals surface area (Å²) in [6.07, 6.45) is 0.966.